The van der Waals surface area contributed by atoms with Crippen molar-refractivity contribution in [2.45, 2.75) is 32.4 Å². The Hall–Kier alpha value is -1.51. The van der Waals surface area contributed by atoms with Crippen LogP contribution in [0.15, 0.2) is 18.2 Å². The van der Waals surface area contributed by atoms with Gasteiger partial charge in [0.2, 0.25) is 5.91 Å². The first-order valence-electron chi connectivity index (χ1n) is 8.11. The Morgan fingerprint density at radius 1 is 1.23 bits per heavy atom. The van der Waals surface area contributed by atoms with Crippen molar-refractivity contribution in [3.05, 3.63) is 28.2 Å². The first-order chi connectivity index (χ1) is 12.1. The summed E-state index contributed by atoms with van der Waals surface area (Å²) in [5.41, 5.74) is 0.346. The van der Waals surface area contributed by atoms with Crippen molar-refractivity contribution in [1.29, 1.82) is 0 Å². The third kappa shape index (κ3) is 5.75. The lowest BCUT2D eigenvalue weighted by atomic mass is 10.0. The van der Waals surface area contributed by atoms with Gasteiger partial charge in [0, 0.05) is 11.1 Å². The first-order valence-corrected chi connectivity index (χ1v) is 10.7. The Balaban J connectivity index is 2.00. The van der Waals surface area contributed by atoms with E-state index in [-0.39, 0.29) is 17.4 Å². The van der Waals surface area contributed by atoms with Gasteiger partial charge in [0.1, 0.15) is 6.04 Å². The largest absolute Gasteiger partial charge is 0.334 e. The van der Waals surface area contributed by atoms with Crippen molar-refractivity contribution in [3.8, 4) is 0 Å². The van der Waals surface area contributed by atoms with E-state index in [9.17, 15) is 18.0 Å². The molecule has 0 aromatic heterocycles. The van der Waals surface area contributed by atoms with Crippen LogP contribution >= 0.6 is 23.2 Å². The molecule has 10 heteroatoms. The molecule has 144 valence electrons. The fraction of sp³-hybridized carbons (Fsp3) is 0.500. The molecule has 0 radical (unpaired) electrons. The molecule has 0 saturated carbocycles. The fourth-order valence-corrected chi connectivity index (χ4v) is 4.63. The van der Waals surface area contributed by atoms with Crippen molar-refractivity contribution in [3.63, 3.8) is 0 Å². The highest BCUT2D eigenvalue weighted by molar-refractivity contribution is 7.91. The highest BCUT2D eigenvalue weighted by Crippen LogP contribution is 2.25. The van der Waals surface area contributed by atoms with Gasteiger partial charge in [-0.1, -0.05) is 37.0 Å². The van der Waals surface area contributed by atoms with Gasteiger partial charge in [-0.15, -0.1) is 0 Å². The minimum absolute atomic E-state index is 0.0549. The van der Waals surface area contributed by atoms with Gasteiger partial charge in [0.25, 0.3) is 0 Å². The van der Waals surface area contributed by atoms with Crippen molar-refractivity contribution in [2.75, 3.05) is 16.8 Å². The Kier molecular flexibility index (Phi) is 6.76. The molecule has 1 aliphatic heterocycles. The Bertz CT molecular complexity index is 799. The maximum Gasteiger partial charge on any atom is 0.315 e. The van der Waals surface area contributed by atoms with Crippen LogP contribution in [0.3, 0.4) is 0 Å². The van der Waals surface area contributed by atoms with Crippen molar-refractivity contribution < 1.29 is 18.0 Å². The zero-order valence-corrected chi connectivity index (χ0v) is 16.7. The highest BCUT2D eigenvalue weighted by atomic mass is 35.5. The summed E-state index contributed by atoms with van der Waals surface area (Å²) in [7, 11) is -3.10. The maximum atomic E-state index is 12.5. The standard InChI is InChI=1S/C16H21Cl2N3O4S/c1-9(2)14(15(22)20-13-7-10(17)3-4-12(13)18)21-16(23)19-11-5-6-26(24,25)8-11/h3-4,7,9,11,14H,5-6,8H2,1-2H3,(H,20,22)(H2,19,21,23)/t11-,14+/m1/s1. The van der Waals surface area contributed by atoms with E-state index < -0.39 is 33.9 Å². The summed E-state index contributed by atoms with van der Waals surface area (Å²) in [6.07, 6.45) is 0.367. The molecule has 1 aromatic rings. The van der Waals surface area contributed by atoms with Gasteiger partial charge in [-0.25, -0.2) is 13.2 Å². The van der Waals surface area contributed by atoms with E-state index in [1.165, 1.54) is 6.07 Å². The van der Waals surface area contributed by atoms with Crippen molar-refractivity contribution in [1.82, 2.24) is 10.6 Å². The van der Waals surface area contributed by atoms with Crippen LogP contribution in [0, 0.1) is 5.92 Å². The minimum Gasteiger partial charge on any atom is -0.334 e. The zero-order chi connectivity index (χ0) is 19.5. The SMILES string of the molecule is CC(C)[C@H](NC(=O)N[C@@H]1CCS(=O)(=O)C1)C(=O)Nc1cc(Cl)ccc1Cl. The van der Waals surface area contributed by atoms with Gasteiger partial charge < -0.3 is 16.0 Å². The molecule has 7 nitrogen and oxygen atoms in total. The van der Waals surface area contributed by atoms with Crippen LogP contribution in [0.4, 0.5) is 10.5 Å². The molecule has 1 heterocycles. The molecule has 1 aromatic carbocycles. The molecule has 0 unspecified atom stereocenters. The molecule has 1 fully saturated rings. The molecule has 0 aliphatic carbocycles. The van der Waals surface area contributed by atoms with Gasteiger partial charge in [-0.3, -0.25) is 4.79 Å². The molecule has 3 amide bonds. The van der Waals surface area contributed by atoms with E-state index in [4.69, 9.17) is 23.2 Å². The number of carbonyl (C=O) groups is 2. The summed E-state index contributed by atoms with van der Waals surface area (Å²) < 4.78 is 22.9. The lowest BCUT2D eigenvalue weighted by Gasteiger charge is -2.23. The smallest absolute Gasteiger partial charge is 0.315 e. The summed E-state index contributed by atoms with van der Waals surface area (Å²) in [6, 6.07) is 2.81. The van der Waals surface area contributed by atoms with Crippen molar-refractivity contribution >= 4 is 50.7 Å². The monoisotopic (exact) mass is 421 g/mol. The van der Waals surface area contributed by atoms with Crippen molar-refractivity contribution in [2.24, 2.45) is 5.92 Å². The number of amides is 3. The van der Waals surface area contributed by atoms with Crippen LogP contribution in [0.25, 0.3) is 0 Å². The fourth-order valence-electron chi connectivity index (χ4n) is 2.62. The molecule has 0 bridgehead atoms. The molecule has 2 atom stereocenters. The number of urea groups is 1. The summed E-state index contributed by atoms with van der Waals surface area (Å²) in [5, 5.41) is 8.59. The average Bonchev–Trinajstić information content (AvgIpc) is 2.86. The third-order valence-corrected chi connectivity index (χ3v) is 6.32. The van der Waals surface area contributed by atoms with Gasteiger partial charge in [-0.05, 0) is 30.5 Å². The number of benzene rings is 1. The van der Waals surface area contributed by atoms with E-state index in [2.05, 4.69) is 16.0 Å². The highest BCUT2D eigenvalue weighted by Gasteiger charge is 2.31. The van der Waals surface area contributed by atoms with E-state index in [0.29, 0.717) is 22.2 Å². The van der Waals surface area contributed by atoms with Crippen LogP contribution in [0.1, 0.15) is 20.3 Å². The number of sulfone groups is 1. The lowest BCUT2D eigenvalue weighted by Crippen LogP contribution is -2.52. The first kappa shape index (κ1) is 20.8. The third-order valence-electron chi connectivity index (χ3n) is 3.99. The predicted octanol–water partition coefficient (Wildman–Crippen LogP) is 2.44. The molecular weight excluding hydrogens is 401 g/mol. The van der Waals surface area contributed by atoms with Gasteiger partial charge >= 0.3 is 6.03 Å². The molecule has 1 aliphatic rings. The number of hydrogen-bond acceptors (Lipinski definition) is 4. The zero-order valence-electron chi connectivity index (χ0n) is 14.4. The van der Waals surface area contributed by atoms with Gasteiger partial charge in [-0.2, -0.15) is 0 Å². The summed E-state index contributed by atoms with van der Waals surface area (Å²) in [4.78, 5) is 24.7. The molecule has 0 spiro atoms. The van der Waals surface area contributed by atoms with Crippen LogP contribution in [-0.4, -0.2) is 43.9 Å². The molecule has 26 heavy (non-hydrogen) atoms. The Morgan fingerprint density at radius 2 is 1.92 bits per heavy atom. The van der Waals surface area contributed by atoms with Gasteiger partial charge in [0.15, 0.2) is 9.84 Å². The molecule has 2 rings (SSSR count). The number of hydrogen-bond donors (Lipinski definition) is 3. The number of halogens is 2. The molecular formula is C16H21Cl2N3O4S. The number of rotatable bonds is 5. The lowest BCUT2D eigenvalue weighted by molar-refractivity contribution is -0.118. The quantitative estimate of drug-likeness (QED) is 0.678. The number of nitrogens with one attached hydrogen (secondary N) is 3. The topological polar surface area (TPSA) is 104 Å². The second kappa shape index (κ2) is 8.45. The van der Waals surface area contributed by atoms with Crippen LogP contribution < -0.4 is 16.0 Å². The van der Waals surface area contributed by atoms with E-state index in [1.54, 1.807) is 26.0 Å². The van der Waals surface area contributed by atoms with Gasteiger partial charge in [0.05, 0.1) is 22.2 Å². The van der Waals surface area contributed by atoms with E-state index in [0.717, 1.165) is 0 Å². The van der Waals surface area contributed by atoms with Crippen LogP contribution in [0.5, 0.6) is 0 Å². The maximum absolute atomic E-state index is 12.5. The van der Waals surface area contributed by atoms with Crippen LogP contribution in [0.2, 0.25) is 10.0 Å². The minimum atomic E-state index is -3.10. The second-order valence-corrected chi connectivity index (χ2v) is 9.63. The predicted molar refractivity (Wildman–Crippen MR) is 102 cm³/mol. The number of carbonyl (C=O) groups excluding carboxylic acids is 2. The normalized spacial score (nSPS) is 19.8. The second-order valence-electron chi connectivity index (χ2n) is 6.55. The Labute approximate surface area is 162 Å². The Morgan fingerprint density at radius 3 is 2.50 bits per heavy atom. The summed E-state index contributed by atoms with van der Waals surface area (Å²) >= 11 is 11.9. The summed E-state index contributed by atoms with van der Waals surface area (Å²) in [6.45, 7) is 3.56. The van der Waals surface area contributed by atoms with E-state index >= 15 is 0 Å². The molecule has 3 N–H and O–H groups in total. The average molecular weight is 422 g/mol. The van der Waals surface area contributed by atoms with E-state index in [1.807, 2.05) is 0 Å². The molecule has 1 saturated heterocycles. The van der Waals surface area contributed by atoms with Crippen LogP contribution in [-0.2, 0) is 14.6 Å². The number of anilines is 1. The summed E-state index contributed by atoms with van der Waals surface area (Å²) in [5.74, 6) is -0.680.